The number of amides is 1. The monoisotopic (exact) mass is 466 g/mol. The van der Waals surface area contributed by atoms with Gasteiger partial charge in [-0.15, -0.1) is 0 Å². The van der Waals surface area contributed by atoms with E-state index in [0.717, 1.165) is 11.1 Å². The molecule has 4 rings (SSSR count). The van der Waals surface area contributed by atoms with E-state index in [1.807, 2.05) is 26.0 Å². The van der Waals surface area contributed by atoms with E-state index in [1.54, 1.807) is 60.7 Å². The zero-order chi connectivity index (χ0) is 25.3. The maximum absolute atomic E-state index is 13.3. The average Bonchev–Trinajstić information content (AvgIpc) is 3.10. The molecule has 0 spiro atoms. The van der Waals surface area contributed by atoms with Gasteiger partial charge >= 0.3 is 5.97 Å². The number of aliphatic hydroxyl groups excluding tert-OH is 1. The van der Waals surface area contributed by atoms with Gasteiger partial charge in [-0.25, -0.2) is 0 Å². The summed E-state index contributed by atoms with van der Waals surface area (Å²) in [6.07, 6.45) is 0. The molecule has 1 fully saturated rings. The molecule has 3 aromatic rings. The molecule has 7 heteroatoms. The summed E-state index contributed by atoms with van der Waals surface area (Å²) in [4.78, 5) is 39.3. The first-order valence-corrected chi connectivity index (χ1v) is 10.9. The number of hydrogen-bond donors (Lipinski definition) is 1. The lowest BCUT2D eigenvalue weighted by atomic mass is 9.94. The third-order valence-electron chi connectivity index (χ3n) is 5.93. The Kier molecular flexibility index (Phi) is 6.22. The highest BCUT2D eigenvalue weighted by molar-refractivity contribution is 6.51. The van der Waals surface area contributed by atoms with Gasteiger partial charge < -0.3 is 9.84 Å². The average molecular weight is 466 g/mol. The number of rotatable bonds is 4. The maximum Gasteiger partial charge on any atom is 0.308 e. The highest BCUT2D eigenvalue weighted by Crippen LogP contribution is 2.43. The Bertz CT molecular complexity index is 1430. The minimum atomic E-state index is -0.986. The number of benzene rings is 3. The highest BCUT2D eigenvalue weighted by atomic mass is 16.5. The van der Waals surface area contributed by atoms with Crippen LogP contribution in [0.5, 0.6) is 5.75 Å². The van der Waals surface area contributed by atoms with Crippen molar-refractivity contribution in [3.05, 3.63) is 100 Å². The van der Waals surface area contributed by atoms with Gasteiger partial charge in [0.05, 0.1) is 23.2 Å². The van der Waals surface area contributed by atoms with Crippen LogP contribution in [0, 0.1) is 25.2 Å². The summed E-state index contributed by atoms with van der Waals surface area (Å²) in [7, 11) is 0. The Labute approximate surface area is 202 Å². The topological polar surface area (TPSA) is 108 Å². The van der Waals surface area contributed by atoms with Gasteiger partial charge in [0.1, 0.15) is 11.5 Å². The van der Waals surface area contributed by atoms with E-state index >= 15 is 0 Å². The molecule has 1 amide bonds. The van der Waals surface area contributed by atoms with E-state index in [4.69, 9.17) is 10.00 Å². The van der Waals surface area contributed by atoms with Crippen LogP contribution in [0.15, 0.2) is 72.3 Å². The Morgan fingerprint density at radius 2 is 1.71 bits per heavy atom. The van der Waals surface area contributed by atoms with Crippen molar-refractivity contribution in [1.29, 1.82) is 5.26 Å². The van der Waals surface area contributed by atoms with Crippen LogP contribution in [0.1, 0.15) is 40.8 Å². The summed E-state index contributed by atoms with van der Waals surface area (Å²) in [6, 6.07) is 19.0. The molecule has 174 valence electrons. The predicted molar refractivity (Wildman–Crippen MR) is 130 cm³/mol. The van der Waals surface area contributed by atoms with Crippen molar-refractivity contribution in [1.82, 2.24) is 0 Å². The van der Waals surface area contributed by atoms with Gasteiger partial charge in [0.15, 0.2) is 0 Å². The summed E-state index contributed by atoms with van der Waals surface area (Å²) >= 11 is 0. The largest absolute Gasteiger partial charge is 0.507 e. The fraction of sp³-hybridized carbons (Fsp3) is 0.143. The van der Waals surface area contributed by atoms with Crippen LogP contribution in [0.3, 0.4) is 0 Å². The molecule has 1 aliphatic rings. The fourth-order valence-corrected chi connectivity index (χ4v) is 4.07. The Morgan fingerprint density at radius 1 is 1.00 bits per heavy atom. The number of nitrogens with zero attached hydrogens (tertiary/aromatic N) is 2. The number of nitriles is 1. The van der Waals surface area contributed by atoms with Gasteiger partial charge in [-0.2, -0.15) is 5.26 Å². The van der Waals surface area contributed by atoms with Gasteiger partial charge in [-0.05, 0) is 73.0 Å². The normalized spacial score (nSPS) is 16.7. The number of aryl methyl sites for hydroxylation is 2. The molecule has 1 saturated heterocycles. The number of esters is 1. The fourth-order valence-electron chi connectivity index (χ4n) is 4.07. The van der Waals surface area contributed by atoms with Gasteiger partial charge in [-0.3, -0.25) is 19.3 Å². The van der Waals surface area contributed by atoms with Crippen molar-refractivity contribution in [2.75, 3.05) is 4.90 Å². The molecule has 35 heavy (non-hydrogen) atoms. The molecule has 0 saturated carbocycles. The van der Waals surface area contributed by atoms with Crippen LogP contribution in [-0.4, -0.2) is 22.8 Å². The van der Waals surface area contributed by atoms with E-state index in [2.05, 4.69) is 0 Å². The van der Waals surface area contributed by atoms with Crippen LogP contribution in [-0.2, 0) is 14.4 Å². The lowest BCUT2D eigenvalue weighted by Crippen LogP contribution is -2.29. The predicted octanol–water partition coefficient (Wildman–Crippen LogP) is 4.73. The molecule has 1 heterocycles. The quantitative estimate of drug-likeness (QED) is 0.196. The number of aliphatic hydroxyl groups is 1. The van der Waals surface area contributed by atoms with Gasteiger partial charge in [-0.1, -0.05) is 24.3 Å². The molecule has 0 radical (unpaired) electrons. The van der Waals surface area contributed by atoms with Gasteiger partial charge in [0.25, 0.3) is 11.7 Å². The summed E-state index contributed by atoms with van der Waals surface area (Å²) in [6.45, 7) is 5.10. The number of carbonyl (C=O) groups excluding carboxylic acids is 3. The number of hydrogen-bond acceptors (Lipinski definition) is 6. The second-order valence-corrected chi connectivity index (χ2v) is 8.29. The van der Waals surface area contributed by atoms with E-state index in [1.165, 1.54) is 11.8 Å². The van der Waals surface area contributed by atoms with E-state index in [-0.39, 0.29) is 17.1 Å². The third-order valence-corrected chi connectivity index (χ3v) is 5.93. The maximum atomic E-state index is 13.3. The number of Topliss-reactive ketones (excluding diaryl/α,β-unsaturated/α-hetero) is 1. The zero-order valence-corrected chi connectivity index (χ0v) is 19.4. The number of carbonyl (C=O) groups is 3. The molecule has 1 unspecified atom stereocenters. The van der Waals surface area contributed by atoms with E-state index < -0.39 is 23.7 Å². The van der Waals surface area contributed by atoms with Gasteiger partial charge in [0, 0.05) is 18.2 Å². The second-order valence-electron chi connectivity index (χ2n) is 8.29. The Balaban J connectivity index is 1.94. The van der Waals surface area contributed by atoms with E-state index in [9.17, 15) is 19.5 Å². The summed E-state index contributed by atoms with van der Waals surface area (Å²) in [5.41, 5.74) is 3.52. The molecule has 1 aliphatic heterocycles. The van der Waals surface area contributed by atoms with Crippen LogP contribution in [0.4, 0.5) is 5.69 Å². The SMILES string of the molecule is CC(=O)Oc1cccc(C2/C(=C(/O)c3ccc(C)c(C)c3)C(=O)C(=O)N2c2ccc(C#N)cc2)c1. The number of anilines is 1. The Morgan fingerprint density at radius 3 is 2.34 bits per heavy atom. The first-order valence-electron chi connectivity index (χ1n) is 10.9. The minimum absolute atomic E-state index is 0.0809. The van der Waals surface area contributed by atoms with Crippen molar-refractivity contribution < 1.29 is 24.2 Å². The molecule has 1 atom stereocenters. The molecule has 3 aromatic carbocycles. The second kappa shape index (κ2) is 9.27. The number of ether oxygens (including phenoxy) is 1. The van der Waals surface area contributed by atoms with E-state index in [0.29, 0.717) is 22.4 Å². The molecule has 0 aliphatic carbocycles. The summed E-state index contributed by atoms with van der Waals surface area (Å²) in [5, 5.41) is 20.4. The Hall–Kier alpha value is -4.70. The molecule has 7 nitrogen and oxygen atoms in total. The summed E-state index contributed by atoms with van der Waals surface area (Å²) in [5.74, 6) is -2.23. The van der Waals surface area contributed by atoms with Crippen LogP contribution in [0.25, 0.3) is 5.76 Å². The first-order chi connectivity index (χ1) is 16.7. The molecule has 1 N–H and O–H groups in total. The van der Waals surface area contributed by atoms with Crippen LogP contribution < -0.4 is 9.64 Å². The lowest BCUT2D eigenvalue weighted by Gasteiger charge is -2.25. The van der Waals surface area contributed by atoms with Crippen molar-refractivity contribution in [2.24, 2.45) is 0 Å². The third kappa shape index (κ3) is 4.42. The molecular weight excluding hydrogens is 444 g/mol. The molecule has 0 aromatic heterocycles. The first kappa shape index (κ1) is 23.5. The zero-order valence-electron chi connectivity index (χ0n) is 19.4. The lowest BCUT2D eigenvalue weighted by molar-refractivity contribution is -0.132. The van der Waals surface area contributed by atoms with Crippen LogP contribution >= 0.6 is 0 Å². The standard InChI is InChI=1S/C28H22N2O5/c1-16-7-10-21(13-17(16)2)26(32)24-25(20-5-4-6-23(14-20)35-18(3)31)30(28(34)27(24)33)22-11-8-19(15-29)9-12-22/h4-14,25,32H,1-3H3/b26-24-. The minimum Gasteiger partial charge on any atom is -0.507 e. The van der Waals surface area contributed by atoms with Gasteiger partial charge in [0.2, 0.25) is 0 Å². The van der Waals surface area contributed by atoms with Crippen molar-refractivity contribution in [2.45, 2.75) is 26.8 Å². The summed E-state index contributed by atoms with van der Waals surface area (Å²) < 4.78 is 5.21. The highest BCUT2D eigenvalue weighted by Gasteiger charge is 2.47. The number of ketones is 1. The van der Waals surface area contributed by atoms with Crippen LogP contribution in [0.2, 0.25) is 0 Å². The van der Waals surface area contributed by atoms with Crippen molar-refractivity contribution >= 4 is 29.1 Å². The molecule has 0 bridgehead atoms. The van der Waals surface area contributed by atoms with Crippen molar-refractivity contribution in [3.63, 3.8) is 0 Å². The smallest absolute Gasteiger partial charge is 0.308 e. The van der Waals surface area contributed by atoms with Crippen molar-refractivity contribution in [3.8, 4) is 11.8 Å². The molecular formula is C28H22N2O5.